The molecule has 1 saturated heterocycles. The first-order valence-electron chi connectivity index (χ1n) is 7.55. The topological polar surface area (TPSA) is 66.0 Å². The minimum absolute atomic E-state index is 0.0117. The fraction of sp³-hybridized carbons (Fsp3) is 0.533. The molecule has 118 valence electrons. The lowest BCUT2D eigenvalue weighted by Crippen LogP contribution is -2.43. The highest BCUT2D eigenvalue weighted by Crippen LogP contribution is 2.33. The number of pyridine rings is 1. The second-order valence-electron chi connectivity index (χ2n) is 6.42. The summed E-state index contributed by atoms with van der Waals surface area (Å²) in [6.07, 6.45) is 3.66. The Bertz CT molecular complexity index is 627. The predicted octanol–water partition coefficient (Wildman–Crippen LogP) is 2.22. The van der Waals surface area contributed by atoms with Crippen molar-refractivity contribution < 1.29 is 0 Å². The molecule has 0 spiro atoms. The van der Waals surface area contributed by atoms with Crippen LogP contribution >= 0.6 is 11.3 Å². The summed E-state index contributed by atoms with van der Waals surface area (Å²) < 4.78 is 0. The van der Waals surface area contributed by atoms with Crippen molar-refractivity contribution in [1.29, 1.82) is 0 Å². The maximum absolute atomic E-state index is 4.38. The Balaban J connectivity index is 1.87. The Morgan fingerprint density at radius 1 is 1.23 bits per heavy atom. The number of hydrogen-bond donors (Lipinski definition) is 2. The zero-order valence-electron chi connectivity index (χ0n) is 13.3. The number of piperazine rings is 1. The molecule has 2 N–H and O–H groups in total. The maximum atomic E-state index is 4.38. The van der Waals surface area contributed by atoms with E-state index in [0.717, 1.165) is 47.6 Å². The van der Waals surface area contributed by atoms with E-state index in [1.807, 2.05) is 12.3 Å². The fourth-order valence-electron chi connectivity index (χ4n) is 2.39. The van der Waals surface area contributed by atoms with E-state index >= 15 is 0 Å². The molecule has 2 aromatic rings. The van der Waals surface area contributed by atoms with Gasteiger partial charge in [-0.1, -0.05) is 11.3 Å². The smallest absolute Gasteiger partial charge is 0.208 e. The van der Waals surface area contributed by atoms with Gasteiger partial charge in [0.1, 0.15) is 0 Å². The molecule has 1 aliphatic heterocycles. The first-order chi connectivity index (χ1) is 10.5. The van der Waals surface area contributed by atoms with Crippen molar-refractivity contribution in [2.24, 2.45) is 0 Å². The Morgan fingerprint density at radius 3 is 2.73 bits per heavy atom. The second kappa shape index (κ2) is 6.18. The standard InChI is InChI=1S/C15H22N6S/c1-15(2,3)18-12-4-5-17-10-11(12)13-19-20-14(22-13)21-8-6-16-7-9-21/h4-5,10,16H,6-9H2,1-3H3,(H,17,18). The molecule has 1 aliphatic rings. The van der Waals surface area contributed by atoms with Crippen molar-refractivity contribution >= 4 is 22.2 Å². The van der Waals surface area contributed by atoms with E-state index in [2.05, 4.69) is 51.5 Å². The zero-order chi connectivity index (χ0) is 15.6. The molecule has 7 heteroatoms. The van der Waals surface area contributed by atoms with E-state index < -0.39 is 0 Å². The summed E-state index contributed by atoms with van der Waals surface area (Å²) in [6.45, 7) is 10.4. The lowest BCUT2D eigenvalue weighted by Gasteiger charge is -2.26. The molecule has 0 unspecified atom stereocenters. The average Bonchev–Trinajstić information content (AvgIpc) is 2.97. The minimum atomic E-state index is -0.0117. The average molecular weight is 318 g/mol. The van der Waals surface area contributed by atoms with E-state index in [9.17, 15) is 0 Å². The molecule has 0 aromatic carbocycles. The van der Waals surface area contributed by atoms with Crippen LogP contribution in [0.5, 0.6) is 0 Å². The van der Waals surface area contributed by atoms with Gasteiger partial charge in [0.2, 0.25) is 5.13 Å². The summed E-state index contributed by atoms with van der Waals surface area (Å²) in [4.78, 5) is 6.53. The molecule has 0 saturated carbocycles. The van der Waals surface area contributed by atoms with Crippen LogP contribution in [0.1, 0.15) is 20.8 Å². The highest BCUT2D eigenvalue weighted by molar-refractivity contribution is 7.18. The number of anilines is 2. The van der Waals surface area contributed by atoms with Gasteiger partial charge in [0, 0.05) is 49.8 Å². The molecule has 0 bridgehead atoms. The molecule has 2 aromatic heterocycles. The van der Waals surface area contributed by atoms with Crippen molar-refractivity contribution in [3.63, 3.8) is 0 Å². The third kappa shape index (κ3) is 3.53. The third-order valence-electron chi connectivity index (χ3n) is 3.36. The SMILES string of the molecule is CC(C)(C)Nc1ccncc1-c1nnc(N2CCNCC2)s1. The molecule has 6 nitrogen and oxygen atoms in total. The van der Waals surface area contributed by atoms with Crippen LogP contribution in [-0.4, -0.2) is 46.9 Å². The first-order valence-corrected chi connectivity index (χ1v) is 8.36. The molecule has 0 amide bonds. The number of nitrogens with one attached hydrogen (secondary N) is 2. The Labute approximate surface area is 135 Å². The number of nitrogens with zero attached hydrogens (tertiary/aromatic N) is 4. The van der Waals surface area contributed by atoms with Gasteiger partial charge in [-0.3, -0.25) is 4.98 Å². The van der Waals surface area contributed by atoms with Crippen molar-refractivity contribution in [3.8, 4) is 10.6 Å². The van der Waals surface area contributed by atoms with Crippen LogP contribution in [0.15, 0.2) is 18.5 Å². The predicted molar refractivity (Wildman–Crippen MR) is 91.6 cm³/mol. The van der Waals surface area contributed by atoms with E-state index in [1.54, 1.807) is 17.5 Å². The van der Waals surface area contributed by atoms with Gasteiger partial charge in [0.05, 0.1) is 5.56 Å². The Morgan fingerprint density at radius 2 is 2.00 bits per heavy atom. The number of hydrogen-bond acceptors (Lipinski definition) is 7. The summed E-state index contributed by atoms with van der Waals surface area (Å²) in [7, 11) is 0. The lowest BCUT2D eigenvalue weighted by atomic mass is 10.1. The van der Waals surface area contributed by atoms with E-state index in [1.165, 1.54) is 0 Å². The van der Waals surface area contributed by atoms with Crippen molar-refractivity contribution in [2.45, 2.75) is 26.3 Å². The van der Waals surface area contributed by atoms with Crippen LogP contribution in [0, 0.1) is 0 Å². The second-order valence-corrected chi connectivity index (χ2v) is 7.38. The van der Waals surface area contributed by atoms with Crippen LogP contribution < -0.4 is 15.5 Å². The summed E-state index contributed by atoms with van der Waals surface area (Å²) in [5.41, 5.74) is 2.05. The third-order valence-corrected chi connectivity index (χ3v) is 4.38. The zero-order valence-corrected chi connectivity index (χ0v) is 14.1. The normalized spacial score (nSPS) is 15.9. The first kappa shape index (κ1) is 15.2. The molecular weight excluding hydrogens is 296 g/mol. The van der Waals surface area contributed by atoms with Crippen LogP contribution in [0.3, 0.4) is 0 Å². The molecule has 0 atom stereocenters. The van der Waals surface area contributed by atoms with Crippen molar-refractivity contribution in [1.82, 2.24) is 20.5 Å². The van der Waals surface area contributed by atoms with E-state index in [0.29, 0.717) is 0 Å². The highest BCUT2D eigenvalue weighted by atomic mass is 32.1. The molecule has 1 fully saturated rings. The minimum Gasteiger partial charge on any atom is -0.380 e. The highest BCUT2D eigenvalue weighted by Gasteiger charge is 2.19. The maximum Gasteiger partial charge on any atom is 0.208 e. The number of rotatable bonds is 3. The van der Waals surface area contributed by atoms with Gasteiger partial charge in [0.15, 0.2) is 5.01 Å². The van der Waals surface area contributed by atoms with Gasteiger partial charge in [-0.15, -0.1) is 10.2 Å². The van der Waals surface area contributed by atoms with Gasteiger partial charge in [0.25, 0.3) is 0 Å². The quantitative estimate of drug-likeness (QED) is 0.904. The van der Waals surface area contributed by atoms with Crippen LogP contribution in [0.2, 0.25) is 0 Å². The largest absolute Gasteiger partial charge is 0.380 e. The Kier molecular flexibility index (Phi) is 4.26. The molecule has 22 heavy (non-hydrogen) atoms. The molecule has 0 radical (unpaired) electrons. The monoisotopic (exact) mass is 318 g/mol. The van der Waals surface area contributed by atoms with Crippen molar-refractivity contribution in [2.75, 3.05) is 36.4 Å². The van der Waals surface area contributed by atoms with Crippen LogP contribution in [-0.2, 0) is 0 Å². The molecule has 3 rings (SSSR count). The number of aromatic nitrogens is 3. The molecule has 0 aliphatic carbocycles. The van der Waals surface area contributed by atoms with E-state index in [4.69, 9.17) is 0 Å². The Hall–Kier alpha value is -1.73. The van der Waals surface area contributed by atoms with E-state index in [-0.39, 0.29) is 5.54 Å². The lowest BCUT2D eigenvalue weighted by molar-refractivity contribution is 0.587. The molecule has 3 heterocycles. The fourth-order valence-corrected chi connectivity index (χ4v) is 3.31. The van der Waals surface area contributed by atoms with Gasteiger partial charge >= 0.3 is 0 Å². The van der Waals surface area contributed by atoms with Gasteiger partial charge in [-0.2, -0.15) is 0 Å². The van der Waals surface area contributed by atoms with Crippen molar-refractivity contribution in [3.05, 3.63) is 18.5 Å². The summed E-state index contributed by atoms with van der Waals surface area (Å²) >= 11 is 1.63. The summed E-state index contributed by atoms with van der Waals surface area (Å²) in [5.74, 6) is 0. The van der Waals surface area contributed by atoms with Crippen LogP contribution in [0.4, 0.5) is 10.8 Å². The summed E-state index contributed by atoms with van der Waals surface area (Å²) in [6, 6.07) is 1.99. The van der Waals surface area contributed by atoms with Gasteiger partial charge < -0.3 is 15.5 Å². The molecular formula is C15H22N6S. The van der Waals surface area contributed by atoms with Crippen LogP contribution in [0.25, 0.3) is 10.6 Å². The summed E-state index contributed by atoms with van der Waals surface area (Å²) in [5, 5.41) is 17.5. The van der Waals surface area contributed by atoms with Gasteiger partial charge in [-0.25, -0.2) is 0 Å². The van der Waals surface area contributed by atoms with Gasteiger partial charge in [-0.05, 0) is 26.8 Å².